The first kappa shape index (κ1) is 13.2. The quantitative estimate of drug-likeness (QED) is 0.924. The van der Waals surface area contributed by atoms with Crippen LogP contribution in [0.5, 0.6) is 5.75 Å². The van der Waals surface area contributed by atoms with Gasteiger partial charge in [-0.05, 0) is 55.5 Å². The molecule has 0 heterocycles. The van der Waals surface area contributed by atoms with Gasteiger partial charge in [-0.1, -0.05) is 36.4 Å². The van der Waals surface area contributed by atoms with E-state index in [9.17, 15) is 0 Å². The molecule has 1 aliphatic carbocycles. The van der Waals surface area contributed by atoms with Crippen LogP contribution >= 0.6 is 0 Å². The predicted molar refractivity (Wildman–Crippen MR) is 81.9 cm³/mol. The van der Waals surface area contributed by atoms with Crippen molar-refractivity contribution in [2.24, 2.45) is 5.73 Å². The lowest BCUT2D eigenvalue weighted by Gasteiger charge is -2.25. The highest BCUT2D eigenvalue weighted by molar-refractivity contribution is 5.43. The molecule has 0 atom stereocenters. The molecular weight excluding hydrogens is 246 g/mol. The number of fused-ring (bicyclic) bond motifs is 1. The summed E-state index contributed by atoms with van der Waals surface area (Å²) >= 11 is 0. The fourth-order valence-corrected chi connectivity index (χ4v) is 3.00. The number of benzene rings is 2. The third-order valence-electron chi connectivity index (χ3n) is 3.91. The maximum Gasteiger partial charge on any atom is 0.120 e. The second-order valence-corrected chi connectivity index (χ2v) is 5.97. The lowest BCUT2D eigenvalue weighted by molar-refractivity contribution is 0.241. The van der Waals surface area contributed by atoms with Crippen LogP contribution in [0.25, 0.3) is 0 Å². The Balaban J connectivity index is 1.90. The average molecular weight is 267 g/mol. The van der Waals surface area contributed by atoms with Gasteiger partial charge in [0.1, 0.15) is 5.75 Å². The summed E-state index contributed by atoms with van der Waals surface area (Å²) in [5.74, 6) is 0.901. The molecule has 2 N–H and O–H groups in total. The Kier molecular flexibility index (Phi) is 3.27. The largest absolute Gasteiger partial charge is 0.491 e. The molecule has 0 fully saturated rings. The van der Waals surface area contributed by atoms with E-state index in [1.165, 1.54) is 11.1 Å². The number of hydrogen-bond donors (Lipinski definition) is 1. The molecule has 0 bridgehead atoms. The first-order chi connectivity index (χ1) is 9.57. The molecule has 2 nitrogen and oxygen atoms in total. The van der Waals surface area contributed by atoms with Crippen LogP contribution in [0.4, 0.5) is 0 Å². The van der Waals surface area contributed by atoms with Crippen LogP contribution in [0, 0.1) is 0 Å². The molecule has 104 valence electrons. The lowest BCUT2D eigenvalue weighted by atomic mass is 9.88. The van der Waals surface area contributed by atoms with Gasteiger partial charge in [0.2, 0.25) is 0 Å². The summed E-state index contributed by atoms with van der Waals surface area (Å²) < 4.78 is 5.78. The van der Waals surface area contributed by atoms with Gasteiger partial charge < -0.3 is 10.5 Å². The van der Waals surface area contributed by atoms with Crippen LogP contribution in [-0.4, -0.2) is 6.10 Å². The first-order valence-electron chi connectivity index (χ1n) is 7.20. The van der Waals surface area contributed by atoms with Gasteiger partial charge >= 0.3 is 0 Å². The summed E-state index contributed by atoms with van der Waals surface area (Å²) in [6.07, 6.45) is 1.97. The monoisotopic (exact) mass is 267 g/mol. The summed E-state index contributed by atoms with van der Waals surface area (Å²) in [6, 6.07) is 16.8. The van der Waals surface area contributed by atoms with Crippen LogP contribution in [0.15, 0.2) is 48.5 Å². The van der Waals surface area contributed by atoms with Crippen LogP contribution < -0.4 is 10.5 Å². The van der Waals surface area contributed by atoms with E-state index in [2.05, 4.69) is 36.4 Å². The maximum absolute atomic E-state index is 6.67. The van der Waals surface area contributed by atoms with Gasteiger partial charge in [0.25, 0.3) is 0 Å². The van der Waals surface area contributed by atoms with Crippen LogP contribution in [0.1, 0.15) is 30.5 Å². The van der Waals surface area contributed by atoms with E-state index in [1.807, 2.05) is 26.0 Å². The molecule has 3 rings (SSSR count). The van der Waals surface area contributed by atoms with Gasteiger partial charge in [0, 0.05) is 5.54 Å². The van der Waals surface area contributed by atoms with E-state index in [1.54, 1.807) is 0 Å². The summed E-state index contributed by atoms with van der Waals surface area (Å²) in [5, 5.41) is 0. The molecule has 0 radical (unpaired) electrons. The molecule has 2 aromatic carbocycles. The molecule has 0 saturated heterocycles. The minimum atomic E-state index is -0.306. The van der Waals surface area contributed by atoms with Gasteiger partial charge in [-0.25, -0.2) is 0 Å². The van der Waals surface area contributed by atoms with Crippen molar-refractivity contribution < 1.29 is 4.74 Å². The van der Waals surface area contributed by atoms with Crippen molar-refractivity contribution >= 4 is 0 Å². The zero-order valence-electron chi connectivity index (χ0n) is 12.1. The number of rotatable bonds is 3. The van der Waals surface area contributed by atoms with E-state index >= 15 is 0 Å². The smallest absolute Gasteiger partial charge is 0.120 e. The summed E-state index contributed by atoms with van der Waals surface area (Å²) in [6.45, 7) is 4.08. The molecule has 0 aromatic heterocycles. The third kappa shape index (κ3) is 2.44. The van der Waals surface area contributed by atoms with Gasteiger partial charge in [-0.2, -0.15) is 0 Å². The molecule has 2 aromatic rings. The normalized spacial score (nSPS) is 16.2. The zero-order valence-corrected chi connectivity index (χ0v) is 12.1. The molecule has 20 heavy (non-hydrogen) atoms. The second kappa shape index (κ2) is 4.95. The summed E-state index contributed by atoms with van der Waals surface area (Å²) in [7, 11) is 0. The zero-order chi connectivity index (χ0) is 14.2. The Labute approximate surface area is 120 Å². The molecule has 2 heteroatoms. The highest BCUT2D eigenvalue weighted by Gasteiger charge is 2.35. The fraction of sp³-hybridized carbons (Fsp3) is 0.333. The second-order valence-electron chi connectivity index (χ2n) is 5.97. The van der Waals surface area contributed by atoms with E-state index < -0.39 is 0 Å². The summed E-state index contributed by atoms with van der Waals surface area (Å²) in [4.78, 5) is 0. The van der Waals surface area contributed by atoms with Crippen LogP contribution in [0.3, 0.4) is 0 Å². The maximum atomic E-state index is 6.67. The minimum Gasteiger partial charge on any atom is -0.491 e. The topological polar surface area (TPSA) is 35.2 Å². The molecule has 1 aliphatic rings. The van der Waals surface area contributed by atoms with Gasteiger partial charge in [-0.3, -0.25) is 0 Å². The van der Waals surface area contributed by atoms with E-state index in [0.29, 0.717) is 0 Å². The molecule has 0 spiro atoms. The van der Waals surface area contributed by atoms with E-state index in [4.69, 9.17) is 10.5 Å². The van der Waals surface area contributed by atoms with Crippen molar-refractivity contribution in [3.8, 4) is 5.75 Å². The highest BCUT2D eigenvalue weighted by Crippen LogP contribution is 2.36. The van der Waals surface area contributed by atoms with Crippen molar-refractivity contribution in [2.75, 3.05) is 0 Å². The Bertz CT molecular complexity index is 593. The van der Waals surface area contributed by atoms with Crippen molar-refractivity contribution in [1.29, 1.82) is 0 Å². The predicted octanol–water partition coefficient (Wildman–Crippen LogP) is 3.43. The SMILES string of the molecule is CC(C)Oc1cccc(C2(N)Cc3ccccc3C2)c1. The molecule has 0 aliphatic heterocycles. The molecule has 0 unspecified atom stereocenters. The third-order valence-corrected chi connectivity index (χ3v) is 3.91. The Morgan fingerprint density at radius 2 is 1.65 bits per heavy atom. The van der Waals surface area contributed by atoms with Gasteiger partial charge in [-0.15, -0.1) is 0 Å². The average Bonchev–Trinajstić information content (AvgIpc) is 2.76. The Morgan fingerprint density at radius 3 is 2.25 bits per heavy atom. The van der Waals surface area contributed by atoms with Crippen molar-refractivity contribution in [3.05, 3.63) is 65.2 Å². The van der Waals surface area contributed by atoms with Crippen molar-refractivity contribution in [3.63, 3.8) is 0 Å². The summed E-state index contributed by atoms with van der Waals surface area (Å²) in [5.41, 5.74) is 10.3. The molecular formula is C18H21NO. The van der Waals surface area contributed by atoms with Crippen molar-refractivity contribution in [2.45, 2.75) is 38.3 Å². The Morgan fingerprint density at radius 1 is 1.00 bits per heavy atom. The van der Waals surface area contributed by atoms with Gasteiger partial charge in [0.15, 0.2) is 0 Å². The molecule has 0 saturated carbocycles. The highest BCUT2D eigenvalue weighted by atomic mass is 16.5. The number of hydrogen-bond acceptors (Lipinski definition) is 2. The number of nitrogens with two attached hydrogens (primary N) is 1. The van der Waals surface area contributed by atoms with Gasteiger partial charge in [0.05, 0.1) is 6.10 Å². The molecule has 0 amide bonds. The van der Waals surface area contributed by atoms with Crippen LogP contribution in [0.2, 0.25) is 0 Å². The van der Waals surface area contributed by atoms with Crippen LogP contribution in [-0.2, 0) is 18.4 Å². The van der Waals surface area contributed by atoms with E-state index in [0.717, 1.165) is 24.2 Å². The number of ether oxygens (including phenoxy) is 1. The lowest BCUT2D eigenvalue weighted by Crippen LogP contribution is -2.37. The minimum absolute atomic E-state index is 0.180. The van der Waals surface area contributed by atoms with E-state index in [-0.39, 0.29) is 11.6 Å². The standard InChI is InChI=1S/C18H21NO/c1-13(2)20-17-9-5-8-16(10-17)18(19)11-14-6-3-4-7-15(14)12-18/h3-10,13H,11-12,19H2,1-2H3. The Hall–Kier alpha value is -1.80. The first-order valence-corrected chi connectivity index (χ1v) is 7.20. The van der Waals surface area contributed by atoms with Crippen molar-refractivity contribution in [1.82, 2.24) is 0 Å². The fourth-order valence-electron chi connectivity index (χ4n) is 3.00.